The second-order valence-electron chi connectivity index (χ2n) is 7.66. The highest BCUT2D eigenvalue weighted by atomic mass is 32.1. The van der Waals surface area contributed by atoms with Crippen LogP contribution in [0, 0.1) is 5.92 Å². The lowest BCUT2D eigenvalue weighted by Crippen LogP contribution is -2.44. The van der Waals surface area contributed by atoms with E-state index in [9.17, 15) is 4.79 Å². The summed E-state index contributed by atoms with van der Waals surface area (Å²) in [5, 5.41) is 2.14. The highest BCUT2D eigenvalue weighted by Crippen LogP contribution is 2.34. The van der Waals surface area contributed by atoms with Gasteiger partial charge in [-0.3, -0.25) is 9.69 Å². The summed E-state index contributed by atoms with van der Waals surface area (Å²) in [5.41, 5.74) is 1.42. The third-order valence-corrected chi connectivity index (χ3v) is 6.88. The van der Waals surface area contributed by atoms with Crippen LogP contribution in [0.2, 0.25) is 0 Å². The minimum absolute atomic E-state index is 0.326. The van der Waals surface area contributed by atoms with Crippen LogP contribution in [0.1, 0.15) is 42.2 Å². The van der Waals surface area contributed by atoms with Gasteiger partial charge in [-0.2, -0.15) is 0 Å². The van der Waals surface area contributed by atoms with Gasteiger partial charge in [-0.25, -0.2) is 0 Å². The van der Waals surface area contributed by atoms with E-state index >= 15 is 0 Å². The number of rotatable bonds is 5. The van der Waals surface area contributed by atoms with Crippen LogP contribution in [0.15, 0.2) is 47.8 Å². The Bertz CT molecular complexity index is 692. The Balaban J connectivity index is 1.27. The molecule has 138 valence electrons. The number of carbonyl (C=O) groups is 1. The van der Waals surface area contributed by atoms with E-state index in [1.54, 1.807) is 0 Å². The molecular weight excluding hydrogens is 340 g/mol. The molecule has 4 rings (SSSR count). The van der Waals surface area contributed by atoms with E-state index in [1.165, 1.54) is 23.3 Å². The van der Waals surface area contributed by atoms with Gasteiger partial charge in [0.25, 0.3) is 0 Å². The molecule has 1 atom stereocenters. The number of nitrogens with zero attached hydrogens (tertiary/aromatic N) is 2. The number of carbonyl (C=O) groups excluding carboxylic acids is 1. The van der Waals surface area contributed by atoms with Crippen LogP contribution in [-0.2, 0) is 11.2 Å². The number of hydrogen-bond donors (Lipinski definition) is 0. The zero-order valence-electron chi connectivity index (χ0n) is 15.3. The summed E-state index contributed by atoms with van der Waals surface area (Å²) in [5.74, 6) is 1.04. The van der Waals surface area contributed by atoms with Gasteiger partial charge in [0.05, 0.1) is 6.54 Å². The molecular formula is C22H28N2OS. The zero-order valence-corrected chi connectivity index (χ0v) is 16.2. The maximum Gasteiger partial charge on any atom is 0.236 e. The molecule has 26 heavy (non-hydrogen) atoms. The van der Waals surface area contributed by atoms with E-state index in [0.29, 0.717) is 24.4 Å². The smallest absolute Gasteiger partial charge is 0.236 e. The minimum atomic E-state index is 0.326. The monoisotopic (exact) mass is 368 g/mol. The fourth-order valence-corrected chi connectivity index (χ4v) is 5.32. The molecule has 1 amide bonds. The van der Waals surface area contributed by atoms with E-state index in [0.717, 1.165) is 38.9 Å². The Kier molecular flexibility index (Phi) is 5.71. The van der Waals surface area contributed by atoms with Gasteiger partial charge in [0.15, 0.2) is 0 Å². The Morgan fingerprint density at radius 1 is 1.00 bits per heavy atom. The zero-order chi connectivity index (χ0) is 17.8. The van der Waals surface area contributed by atoms with Crippen LogP contribution >= 0.6 is 11.3 Å². The van der Waals surface area contributed by atoms with Gasteiger partial charge >= 0.3 is 0 Å². The van der Waals surface area contributed by atoms with Crippen molar-refractivity contribution in [2.24, 2.45) is 5.92 Å². The normalized spacial score (nSPS) is 22.0. The first-order valence-corrected chi connectivity index (χ1v) is 10.8. The molecule has 1 unspecified atom stereocenters. The van der Waals surface area contributed by atoms with Crippen LogP contribution in [0.4, 0.5) is 0 Å². The highest BCUT2D eigenvalue weighted by molar-refractivity contribution is 7.10. The Hall–Kier alpha value is -1.65. The number of benzene rings is 1. The Labute approximate surface area is 160 Å². The molecule has 2 saturated heterocycles. The molecule has 0 N–H and O–H groups in total. The van der Waals surface area contributed by atoms with Gasteiger partial charge in [-0.15, -0.1) is 11.3 Å². The minimum Gasteiger partial charge on any atom is -0.342 e. The van der Waals surface area contributed by atoms with Gasteiger partial charge in [0, 0.05) is 24.0 Å². The van der Waals surface area contributed by atoms with Gasteiger partial charge in [-0.1, -0.05) is 36.4 Å². The maximum atomic E-state index is 12.8. The summed E-state index contributed by atoms with van der Waals surface area (Å²) in [6.45, 7) is 3.49. The summed E-state index contributed by atoms with van der Waals surface area (Å²) in [6, 6.07) is 15.5. The molecule has 0 spiro atoms. The first kappa shape index (κ1) is 17.7. The van der Waals surface area contributed by atoms with E-state index in [1.807, 2.05) is 11.3 Å². The molecule has 3 nitrogen and oxygen atoms in total. The number of piperidine rings is 1. The van der Waals surface area contributed by atoms with Crippen molar-refractivity contribution in [2.75, 3.05) is 26.2 Å². The molecule has 0 radical (unpaired) electrons. The fraction of sp³-hybridized carbons (Fsp3) is 0.500. The van der Waals surface area contributed by atoms with Crippen molar-refractivity contribution in [3.63, 3.8) is 0 Å². The van der Waals surface area contributed by atoms with Crippen LogP contribution in [0.25, 0.3) is 0 Å². The van der Waals surface area contributed by atoms with Crippen molar-refractivity contribution in [3.05, 3.63) is 58.3 Å². The van der Waals surface area contributed by atoms with E-state index in [4.69, 9.17) is 0 Å². The summed E-state index contributed by atoms with van der Waals surface area (Å²) in [7, 11) is 0. The molecule has 2 fully saturated rings. The predicted molar refractivity (Wildman–Crippen MR) is 107 cm³/mol. The lowest BCUT2D eigenvalue weighted by molar-refractivity contribution is -0.134. The van der Waals surface area contributed by atoms with Crippen LogP contribution < -0.4 is 0 Å². The molecule has 3 heterocycles. The molecule has 0 saturated carbocycles. The Morgan fingerprint density at radius 2 is 1.81 bits per heavy atom. The average molecular weight is 369 g/mol. The van der Waals surface area contributed by atoms with Crippen LogP contribution in [0.5, 0.6) is 0 Å². The Morgan fingerprint density at radius 3 is 2.54 bits per heavy atom. The van der Waals surface area contributed by atoms with Crippen molar-refractivity contribution in [1.82, 2.24) is 9.80 Å². The molecule has 2 aliphatic rings. The lowest BCUT2D eigenvalue weighted by atomic mass is 9.90. The summed E-state index contributed by atoms with van der Waals surface area (Å²) in [6.07, 6.45) is 5.81. The van der Waals surface area contributed by atoms with Gasteiger partial charge in [-0.05, 0) is 61.6 Å². The SMILES string of the molecule is O=C(CN1CCCC1c1cccs1)N1CCC(Cc2ccccc2)CC1. The third-order valence-electron chi connectivity index (χ3n) is 5.91. The van der Waals surface area contributed by atoms with Gasteiger partial charge in [0.2, 0.25) is 5.91 Å². The molecule has 0 bridgehead atoms. The van der Waals surface area contributed by atoms with Crippen LogP contribution in [0.3, 0.4) is 0 Å². The average Bonchev–Trinajstić information content (AvgIpc) is 3.34. The first-order chi connectivity index (χ1) is 12.8. The molecule has 2 aliphatic heterocycles. The van der Waals surface area contributed by atoms with Crippen LogP contribution in [-0.4, -0.2) is 41.9 Å². The second-order valence-corrected chi connectivity index (χ2v) is 8.64. The number of thiophene rings is 1. The third kappa shape index (κ3) is 4.18. The standard InChI is InChI=1S/C22H28N2OS/c25-22(17-24-12-4-8-20(24)21-9-5-15-26-21)23-13-10-19(11-14-23)16-18-6-2-1-3-7-18/h1-3,5-7,9,15,19-20H,4,8,10-14,16-17H2. The lowest BCUT2D eigenvalue weighted by Gasteiger charge is -2.34. The molecule has 1 aromatic heterocycles. The molecule has 2 aromatic rings. The molecule has 1 aromatic carbocycles. The van der Waals surface area contributed by atoms with Crippen molar-refractivity contribution < 1.29 is 4.79 Å². The summed E-state index contributed by atoms with van der Waals surface area (Å²) < 4.78 is 0. The maximum absolute atomic E-state index is 12.8. The summed E-state index contributed by atoms with van der Waals surface area (Å²) in [4.78, 5) is 18.7. The topological polar surface area (TPSA) is 23.6 Å². The number of likely N-dealkylation sites (tertiary alicyclic amines) is 2. The number of amides is 1. The van der Waals surface area contributed by atoms with Crippen molar-refractivity contribution in [1.29, 1.82) is 0 Å². The number of hydrogen-bond acceptors (Lipinski definition) is 3. The summed E-state index contributed by atoms with van der Waals surface area (Å²) >= 11 is 1.82. The first-order valence-electron chi connectivity index (χ1n) is 9.89. The van der Waals surface area contributed by atoms with E-state index < -0.39 is 0 Å². The largest absolute Gasteiger partial charge is 0.342 e. The van der Waals surface area contributed by atoms with Gasteiger partial charge < -0.3 is 4.90 Å². The second kappa shape index (κ2) is 8.36. The van der Waals surface area contributed by atoms with E-state index in [-0.39, 0.29) is 0 Å². The molecule has 4 heteroatoms. The quantitative estimate of drug-likeness (QED) is 0.782. The highest BCUT2D eigenvalue weighted by Gasteiger charge is 2.30. The van der Waals surface area contributed by atoms with Crippen molar-refractivity contribution in [2.45, 2.75) is 38.1 Å². The fourth-order valence-electron chi connectivity index (χ4n) is 4.43. The van der Waals surface area contributed by atoms with E-state index in [2.05, 4.69) is 57.6 Å². The molecule has 0 aliphatic carbocycles. The van der Waals surface area contributed by atoms with Crippen molar-refractivity contribution in [3.8, 4) is 0 Å². The van der Waals surface area contributed by atoms with Gasteiger partial charge in [0.1, 0.15) is 0 Å². The predicted octanol–water partition coefficient (Wildman–Crippen LogP) is 4.37. The van der Waals surface area contributed by atoms with Crippen molar-refractivity contribution >= 4 is 17.2 Å².